The van der Waals surface area contributed by atoms with Crippen molar-refractivity contribution in [3.63, 3.8) is 0 Å². The molecule has 1 aromatic rings. The molecule has 0 aliphatic heterocycles. The Balaban J connectivity index is 0.0000137. The molecule has 0 N–H and O–H groups in total. The fourth-order valence-corrected chi connectivity index (χ4v) is 4.71. The van der Waals surface area contributed by atoms with Gasteiger partial charge in [0, 0.05) is 12.8 Å². The number of hydrogen-bond donors (Lipinski definition) is 0. The van der Waals surface area contributed by atoms with Gasteiger partial charge >= 0.3 is 12.1 Å². The number of unbranched alkanes of at least 4 members (excludes halogenated alkanes) is 15. The maximum atomic E-state index is 11.8. The first-order valence-electron chi connectivity index (χ1n) is 14.6. The molecule has 0 fully saturated rings. The molecule has 0 aliphatic rings. The van der Waals surface area contributed by atoms with Crippen LogP contribution in [0.3, 0.4) is 0 Å². The number of ether oxygens (including phenoxy) is 3. The van der Waals surface area contributed by atoms with Gasteiger partial charge in [0.05, 0.1) is 12.0 Å². The zero-order valence-electron chi connectivity index (χ0n) is 23.8. The van der Waals surface area contributed by atoms with E-state index in [4.69, 9.17) is 14.2 Å². The SMILES string of the molecule is C=C(COC(=O)CCCCC[n+]1ccsc1)COC(=O)OCCCCCCCCCCCCCCCC.[Br-]. The summed E-state index contributed by atoms with van der Waals surface area (Å²) in [6.07, 6.45) is 22.7. The standard InChI is InChI=1S/C30H52NO5S.BrH/c1-3-4-5-6-7-8-9-10-11-12-13-14-15-19-23-34-30(33)36-26-28(2)25-35-29(32)20-17-16-18-21-31-22-24-37-27-31;/h22,24,27H,2-21,23,25-26H2,1H3;1H/q+1;/p-1. The highest BCUT2D eigenvalue weighted by molar-refractivity contribution is 7.07. The van der Waals surface area contributed by atoms with Gasteiger partial charge in [-0.25, -0.2) is 4.79 Å². The molecule has 0 spiro atoms. The van der Waals surface area contributed by atoms with Crippen molar-refractivity contribution in [1.82, 2.24) is 0 Å². The minimum Gasteiger partial charge on any atom is -1.00 e. The van der Waals surface area contributed by atoms with Crippen LogP contribution in [0.5, 0.6) is 0 Å². The van der Waals surface area contributed by atoms with Crippen molar-refractivity contribution < 1.29 is 45.3 Å². The molecule has 0 radical (unpaired) electrons. The van der Waals surface area contributed by atoms with Crippen LogP contribution in [0.15, 0.2) is 29.2 Å². The second-order valence-corrected chi connectivity index (χ2v) is 10.7. The van der Waals surface area contributed by atoms with Crippen molar-refractivity contribution in [3.05, 3.63) is 29.2 Å². The Morgan fingerprint density at radius 1 is 0.737 bits per heavy atom. The second-order valence-electron chi connectivity index (χ2n) is 9.97. The van der Waals surface area contributed by atoms with Crippen LogP contribution >= 0.6 is 11.3 Å². The number of aromatic nitrogens is 1. The third-order valence-corrected chi connectivity index (χ3v) is 7.04. The normalized spacial score (nSPS) is 10.6. The molecule has 1 heterocycles. The molecule has 0 atom stereocenters. The first-order chi connectivity index (χ1) is 18.1. The highest BCUT2D eigenvalue weighted by Crippen LogP contribution is 2.13. The van der Waals surface area contributed by atoms with E-state index in [9.17, 15) is 9.59 Å². The van der Waals surface area contributed by atoms with E-state index in [0.29, 0.717) is 18.6 Å². The van der Waals surface area contributed by atoms with E-state index >= 15 is 0 Å². The van der Waals surface area contributed by atoms with Crippen molar-refractivity contribution in [3.8, 4) is 0 Å². The average Bonchev–Trinajstić information content (AvgIpc) is 3.42. The molecule has 6 nitrogen and oxygen atoms in total. The molecule has 38 heavy (non-hydrogen) atoms. The quantitative estimate of drug-likeness (QED) is 0.0642. The van der Waals surface area contributed by atoms with E-state index in [1.54, 1.807) is 11.3 Å². The smallest absolute Gasteiger partial charge is 0.508 e. The molecule has 8 heteroatoms. The van der Waals surface area contributed by atoms with Crippen LogP contribution in [0.1, 0.15) is 122 Å². The maximum Gasteiger partial charge on any atom is 0.508 e. The van der Waals surface area contributed by atoms with Crippen LogP contribution in [-0.4, -0.2) is 31.9 Å². The zero-order valence-corrected chi connectivity index (χ0v) is 26.2. The predicted molar refractivity (Wildman–Crippen MR) is 151 cm³/mol. The summed E-state index contributed by atoms with van der Waals surface area (Å²) >= 11 is 1.68. The van der Waals surface area contributed by atoms with Gasteiger partial charge in [0.25, 0.3) is 0 Å². The van der Waals surface area contributed by atoms with E-state index < -0.39 is 6.16 Å². The Kier molecular flexibility index (Phi) is 26.2. The highest BCUT2D eigenvalue weighted by Gasteiger charge is 2.08. The highest BCUT2D eigenvalue weighted by atomic mass is 79.9. The van der Waals surface area contributed by atoms with Gasteiger partial charge in [-0.1, -0.05) is 108 Å². The van der Waals surface area contributed by atoms with Crippen LogP contribution in [0.4, 0.5) is 4.79 Å². The molecule has 0 unspecified atom stereocenters. The molecular formula is C30H52BrNO5S. The fourth-order valence-electron chi connectivity index (χ4n) is 4.08. The lowest BCUT2D eigenvalue weighted by Crippen LogP contribution is -3.00. The van der Waals surface area contributed by atoms with Crippen molar-refractivity contribution in [2.75, 3.05) is 19.8 Å². The van der Waals surface area contributed by atoms with Crippen molar-refractivity contribution >= 4 is 23.5 Å². The number of nitrogens with zero attached hydrogens (tertiary/aromatic N) is 1. The van der Waals surface area contributed by atoms with E-state index in [1.807, 2.05) is 0 Å². The Bertz CT molecular complexity index is 699. The summed E-state index contributed by atoms with van der Waals surface area (Å²) in [4.78, 5) is 23.6. The Morgan fingerprint density at radius 2 is 1.29 bits per heavy atom. The largest absolute Gasteiger partial charge is 1.00 e. The lowest BCUT2D eigenvalue weighted by molar-refractivity contribution is -0.692. The topological polar surface area (TPSA) is 65.7 Å². The summed E-state index contributed by atoms with van der Waals surface area (Å²) in [5.74, 6) is -0.246. The molecule has 1 aromatic heterocycles. The van der Waals surface area contributed by atoms with Crippen molar-refractivity contribution in [2.24, 2.45) is 0 Å². The number of aryl methyl sites for hydroxylation is 1. The van der Waals surface area contributed by atoms with Gasteiger partial charge in [0.1, 0.15) is 19.8 Å². The summed E-state index contributed by atoms with van der Waals surface area (Å²) in [6, 6.07) is 0. The minimum absolute atomic E-state index is 0. The number of carbonyl (C=O) groups is 2. The molecule has 0 aromatic carbocycles. The van der Waals surface area contributed by atoms with Gasteiger partial charge in [0.2, 0.25) is 5.51 Å². The van der Waals surface area contributed by atoms with Gasteiger partial charge in [0.15, 0.2) is 6.20 Å². The number of thiazole rings is 1. The molecule has 0 amide bonds. The van der Waals surface area contributed by atoms with Crippen molar-refractivity contribution in [2.45, 2.75) is 129 Å². The van der Waals surface area contributed by atoms with Crippen LogP contribution < -0.4 is 21.5 Å². The summed E-state index contributed by atoms with van der Waals surface area (Å²) in [5.41, 5.74) is 2.62. The monoisotopic (exact) mass is 617 g/mol. The number of hydrogen-bond acceptors (Lipinski definition) is 6. The summed E-state index contributed by atoms with van der Waals surface area (Å²) in [5, 5.41) is 2.05. The molecular weight excluding hydrogens is 566 g/mol. The third kappa shape index (κ3) is 23.7. The van der Waals surface area contributed by atoms with Gasteiger partial charge in [-0.3, -0.25) is 4.79 Å². The van der Waals surface area contributed by atoms with Gasteiger partial charge in [-0.15, -0.1) is 0 Å². The van der Waals surface area contributed by atoms with Crippen LogP contribution in [0, 0.1) is 0 Å². The first-order valence-corrected chi connectivity index (χ1v) is 15.6. The lowest BCUT2D eigenvalue weighted by Gasteiger charge is -2.09. The molecule has 1 rings (SSSR count). The molecule has 0 aliphatic carbocycles. The summed E-state index contributed by atoms with van der Waals surface area (Å²) < 4.78 is 17.5. The van der Waals surface area contributed by atoms with Gasteiger partial charge < -0.3 is 31.2 Å². The van der Waals surface area contributed by atoms with E-state index in [1.165, 1.54) is 77.0 Å². The Morgan fingerprint density at radius 3 is 1.87 bits per heavy atom. The maximum absolute atomic E-state index is 11.8. The first kappa shape index (κ1) is 36.6. The van der Waals surface area contributed by atoms with Gasteiger partial charge in [-0.2, -0.15) is 4.57 Å². The Hall–Kier alpha value is -1.41. The van der Waals surface area contributed by atoms with E-state index in [-0.39, 0.29) is 36.2 Å². The van der Waals surface area contributed by atoms with E-state index in [0.717, 1.165) is 38.6 Å². The fraction of sp³-hybridized carbons (Fsp3) is 0.767. The van der Waals surface area contributed by atoms with E-state index in [2.05, 4.69) is 35.2 Å². The number of halogens is 1. The average molecular weight is 619 g/mol. The predicted octanol–water partition coefficient (Wildman–Crippen LogP) is 5.33. The van der Waals surface area contributed by atoms with Crippen LogP contribution in [0.25, 0.3) is 0 Å². The summed E-state index contributed by atoms with van der Waals surface area (Å²) in [7, 11) is 0. The number of rotatable bonds is 25. The second kappa shape index (κ2) is 27.2. The Labute approximate surface area is 246 Å². The molecule has 220 valence electrons. The zero-order chi connectivity index (χ0) is 26.8. The molecule has 0 saturated carbocycles. The van der Waals surface area contributed by atoms with Crippen molar-refractivity contribution in [1.29, 1.82) is 0 Å². The minimum atomic E-state index is -0.689. The van der Waals surface area contributed by atoms with Crippen LogP contribution in [-0.2, 0) is 25.5 Å². The number of esters is 1. The van der Waals surface area contributed by atoms with Crippen LogP contribution in [0.2, 0.25) is 0 Å². The lowest BCUT2D eigenvalue weighted by atomic mass is 10.0. The summed E-state index contributed by atoms with van der Waals surface area (Å²) in [6.45, 7) is 7.49. The third-order valence-electron chi connectivity index (χ3n) is 6.37. The van der Waals surface area contributed by atoms with Gasteiger partial charge in [-0.05, 0) is 24.8 Å². The molecule has 0 bridgehead atoms. The number of carbonyl (C=O) groups excluding carboxylic acids is 2. The molecule has 0 saturated heterocycles.